The van der Waals surface area contributed by atoms with Gasteiger partial charge in [-0.2, -0.15) is 10.2 Å². The molecule has 2 amide bonds. The standard InChI is InChI=1S/C21H29F2N5O3.C17H18F2N6O/c1-24-19(30)8-6-15(12-29)28-16-7-5-14(11-17(16)26(4)20(28)31)27-10-9-18(25(2)3)21(22,23)13-27;18-15(19)14-13(10-25(23-14)11-5-2-1-3-6-11)22-17(26)12-9-21-24-8-4-7-20-16(12)24/h5,7,11-12,15,18H,6,8-10,13H2,1-4H3,(H,24,30);4,7-11,15H,1-3,5-6H2,(H,22,26). The Hall–Kier alpha value is -5.59. The normalized spacial score (nSPS) is 17.8. The molecule has 306 valence electrons. The number of alkyl halides is 4. The van der Waals surface area contributed by atoms with Crippen LogP contribution < -0.4 is 21.2 Å². The number of piperidine rings is 1. The van der Waals surface area contributed by atoms with E-state index < -0.39 is 48.3 Å². The van der Waals surface area contributed by atoms with Crippen LogP contribution in [0.15, 0.2) is 53.8 Å². The topological polar surface area (TPSA) is 157 Å². The van der Waals surface area contributed by atoms with Crippen molar-refractivity contribution < 1.29 is 31.9 Å². The molecular weight excluding hydrogens is 750 g/mol. The lowest BCUT2D eigenvalue weighted by Gasteiger charge is -2.42. The Labute approximate surface area is 325 Å². The predicted octanol–water partition coefficient (Wildman–Crippen LogP) is 5.00. The lowest BCUT2D eigenvalue weighted by atomic mass is 9.96. The molecule has 7 rings (SSSR count). The molecule has 1 saturated carbocycles. The van der Waals surface area contributed by atoms with Crippen molar-refractivity contribution in [3.63, 3.8) is 0 Å². The van der Waals surface area contributed by atoms with E-state index in [1.165, 1.54) is 33.1 Å². The van der Waals surface area contributed by atoms with Crippen LogP contribution in [-0.4, -0.2) is 103 Å². The summed E-state index contributed by atoms with van der Waals surface area (Å²) in [6.07, 6.45) is 9.69. The highest BCUT2D eigenvalue weighted by atomic mass is 19.3. The zero-order valence-electron chi connectivity index (χ0n) is 32.2. The number of carbonyl (C=O) groups is 3. The van der Waals surface area contributed by atoms with Crippen molar-refractivity contribution in [2.45, 2.75) is 81.8 Å². The molecule has 2 N–H and O–H groups in total. The van der Waals surface area contributed by atoms with Crippen LogP contribution in [0.5, 0.6) is 0 Å². The Morgan fingerprint density at radius 3 is 2.53 bits per heavy atom. The summed E-state index contributed by atoms with van der Waals surface area (Å²) in [7, 11) is 6.41. The number of anilines is 2. The Morgan fingerprint density at radius 2 is 1.86 bits per heavy atom. The van der Waals surface area contributed by atoms with E-state index in [0.717, 1.165) is 32.1 Å². The summed E-state index contributed by atoms with van der Waals surface area (Å²) >= 11 is 0. The Balaban J connectivity index is 0.000000195. The third-order valence-corrected chi connectivity index (χ3v) is 10.7. The first-order valence-electron chi connectivity index (χ1n) is 18.9. The molecule has 19 heteroatoms. The highest BCUT2D eigenvalue weighted by molar-refractivity contribution is 6.08. The number of amides is 2. The number of halogens is 4. The third kappa shape index (κ3) is 8.72. The molecule has 1 aliphatic heterocycles. The van der Waals surface area contributed by atoms with Crippen molar-refractivity contribution in [3.05, 3.63) is 70.8 Å². The van der Waals surface area contributed by atoms with Gasteiger partial charge in [0.05, 0.1) is 47.6 Å². The van der Waals surface area contributed by atoms with Crippen molar-refractivity contribution in [2.24, 2.45) is 7.05 Å². The van der Waals surface area contributed by atoms with E-state index in [9.17, 15) is 36.7 Å². The van der Waals surface area contributed by atoms with E-state index in [4.69, 9.17) is 0 Å². The van der Waals surface area contributed by atoms with Crippen LogP contribution in [0.25, 0.3) is 16.7 Å². The van der Waals surface area contributed by atoms with Crippen LogP contribution >= 0.6 is 0 Å². The van der Waals surface area contributed by atoms with Gasteiger partial charge in [0.25, 0.3) is 18.3 Å². The molecule has 0 spiro atoms. The second kappa shape index (κ2) is 17.3. The molecule has 0 bridgehead atoms. The maximum absolute atomic E-state index is 14.6. The van der Waals surface area contributed by atoms with Crippen LogP contribution in [0.3, 0.4) is 0 Å². The Kier molecular flexibility index (Phi) is 12.4. The first-order valence-corrected chi connectivity index (χ1v) is 18.9. The maximum Gasteiger partial charge on any atom is 0.329 e. The largest absolute Gasteiger partial charge is 0.365 e. The maximum atomic E-state index is 14.6. The number of nitrogens with zero attached hydrogens (tertiary/aromatic N) is 9. The summed E-state index contributed by atoms with van der Waals surface area (Å²) in [5.41, 5.74) is 1.49. The van der Waals surface area contributed by atoms with E-state index in [0.29, 0.717) is 41.6 Å². The van der Waals surface area contributed by atoms with Gasteiger partial charge in [-0.1, -0.05) is 19.3 Å². The van der Waals surface area contributed by atoms with Gasteiger partial charge in [0.1, 0.15) is 11.8 Å². The Bertz CT molecular complexity index is 2280. The fourth-order valence-corrected chi connectivity index (χ4v) is 7.69. The molecule has 2 aliphatic rings. The van der Waals surface area contributed by atoms with Gasteiger partial charge in [0.15, 0.2) is 11.3 Å². The quantitative estimate of drug-likeness (QED) is 0.139. The fourth-order valence-electron chi connectivity index (χ4n) is 7.69. The van der Waals surface area contributed by atoms with Gasteiger partial charge in [-0.15, -0.1) is 0 Å². The van der Waals surface area contributed by atoms with Gasteiger partial charge >= 0.3 is 5.69 Å². The van der Waals surface area contributed by atoms with Gasteiger partial charge in [-0.05, 0) is 64.0 Å². The van der Waals surface area contributed by atoms with Crippen LogP contribution in [0.1, 0.15) is 85.9 Å². The van der Waals surface area contributed by atoms with E-state index in [2.05, 4.69) is 25.8 Å². The number of aldehydes is 1. The molecule has 0 radical (unpaired) electrons. The van der Waals surface area contributed by atoms with Gasteiger partial charge in [-0.3, -0.25) is 23.4 Å². The molecule has 1 saturated heterocycles. The highest BCUT2D eigenvalue weighted by Crippen LogP contribution is 2.35. The summed E-state index contributed by atoms with van der Waals surface area (Å²) in [6, 6.07) is 5.27. The second-order valence-corrected chi connectivity index (χ2v) is 14.7. The third-order valence-electron chi connectivity index (χ3n) is 10.7. The number of carbonyl (C=O) groups excluding carboxylic acids is 3. The number of aryl methyl sites for hydroxylation is 1. The predicted molar refractivity (Wildman–Crippen MR) is 205 cm³/mol. The van der Waals surface area contributed by atoms with Crippen molar-refractivity contribution in [1.29, 1.82) is 0 Å². The first-order chi connectivity index (χ1) is 27.2. The first kappa shape index (κ1) is 41.1. The number of fused-ring (bicyclic) bond motifs is 2. The molecule has 2 atom stereocenters. The molecule has 1 aliphatic carbocycles. The molecule has 4 aromatic heterocycles. The lowest BCUT2D eigenvalue weighted by molar-refractivity contribution is -0.121. The van der Waals surface area contributed by atoms with Crippen LogP contribution in [0.2, 0.25) is 0 Å². The number of nitrogens with one attached hydrogen (secondary N) is 2. The lowest BCUT2D eigenvalue weighted by Crippen LogP contribution is -2.56. The minimum Gasteiger partial charge on any atom is -0.365 e. The van der Waals surface area contributed by atoms with Crippen molar-refractivity contribution in [3.8, 4) is 0 Å². The van der Waals surface area contributed by atoms with Crippen LogP contribution in [-0.2, 0) is 16.6 Å². The monoisotopic (exact) mass is 797 g/mol. The summed E-state index contributed by atoms with van der Waals surface area (Å²) in [5, 5.41) is 13.1. The van der Waals surface area contributed by atoms with E-state index in [1.54, 1.807) is 72.3 Å². The molecule has 5 heterocycles. The summed E-state index contributed by atoms with van der Waals surface area (Å²) in [5.74, 6) is -3.62. The molecule has 1 aromatic carbocycles. The fraction of sp³-hybridized carbons (Fsp3) is 0.500. The number of imidazole rings is 1. The minimum absolute atomic E-state index is 0.0332. The number of hydrogen-bond acceptors (Lipinski definition) is 9. The summed E-state index contributed by atoms with van der Waals surface area (Å²) in [6.45, 7) is 0.0702. The molecule has 15 nitrogen and oxygen atoms in total. The van der Waals surface area contributed by atoms with Gasteiger partial charge in [-0.25, -0.2) is 31.9 Å². The number of rotatable bonds is 11. The van der Waals surface area contributed by atoms with Gasteiger partial charge in [0, 0.05) is 51.3 Å². The minimum atomic E-state index is -2.86. The van der Waals surface area contributed by atoms with Gasteiger partial charge < -0.3 is 25.2 Å². The SMILES string of the molecule is CNC(=O)CCC(C=O)n1c(=O)n(C)c2cc(N3CCC(N(C)C)C(F)(F)C3)ccc21.O=C(Nc1cn(C2CCCCC2)nc1C(F)F)c1cnn2cccnc12. The second-order valence-electron chi connectivity index (χ2n) is 14.7. The van der Waals surface area contributed by atoms with Crippen molar-refractivity contribution in [2.75, 3.05) is 44.4 Å². The van der Waals surface area contributed by atoms with E-state index in [1.807, 2.05) is 0 Å². The Morgan fingerprint density at radius 1 is 1.11 bits per heavy atom. The highest BCUT2D eigenvalue weighted by Gasteiger charge is 2.46. The van der Waals surface area contributed by atoms with Gasteiger partial charge in [0.2, 0.25) is 5.91 Å². The molecule has 2 fully saturated rings. The van der Waals surface area contributed by atoms with Crippen molar-refractivity contribution >= 4 is 46.2 Å². The average molecular weight is 798 g/mol. The molecule has 2 unspecified atom stereocenters. The zero-order valence-corrected chi connectivity index (χ0v) is 32.2. The molecular formula is C38H47F4N11O4. The van der Waals surface area contributed by atoms with Crippen LogP contribution in [0, 0.1) is 0 Å². The van der Waals surface area contributed by atoms with Crippen molar-refractivity contribution in [1.82, 2.24) is 43.7 Å². The van der Waals surface area contributed by atoms with E-state index in [-0.39, 0.29) is 36.0 Å². The van der Waals surface area contributed by atoms with Crippen LogP contribution in [0.4, 0.5) is 28.9 Å². The summed E-state index contributed by atoms with van der Waals surface area (Å²) in [4.78, 5) is 56.0. The molecule has 5 aromatic rings. The number of aromatic nitrogens is 7. The number of hydrogen-bond donors (Lipinski definition) is 2. The zero-order chi connectivity index (χ0) is 41.0. The summed E-state index contributed by atoms with van der Waals surface area (Å²) < 4.78 is 61.9. The smallest absolute Gasteiger partial charge is 0.329 e. The van der Waals surface area contributed by atoms with E-state index >= 15 is 0 Å². The average Bonchev–Trinajstić information content (AvgIpc) is 3.89. The molecule has 57 heavy (non-hydrogen) atoms. The number of benzene rings is 1.